The Balaban J connectivity index is 0.000000122. The molecule has 13 aromatic heterocycles. The van der Waals surface area contributed by atoms with E-state index in [9.17, 15) is 89.4 Å². The number of nitrogens with zero attached hydrogens (tertiary/aromatic N) is 20. The lowest BCUT2D eigenvalue weighted by Gasteiger charge is -2.09. The summed E-state index contributed by atoms with van der Waals surface area (Å²) in [7, 11) is -6.66. The molecule has 7 unspecified atom stereocenters. The molecule has 0 saturated heterocycles. The Morgan fingerprint density at radius 3 is 1.09 bits per heavy atom. The third kappa shape index (κ3) is 24.2. The van der Waals surface area contributed by atoms with Gasteiger partial charge in [0.2, 0.25) is 11.8 Å². The first-order valence-corrected chi connectivity index (χ1v) is 50.1. The molecule has 7 amide bonds. The number of aryl methyl sites for hydroxylation is 2. The number of benzene rings is 1. The Hall–Kier alpha value is -16.9. The summed E-state index contributed by atoms with van der Waals surface area (Å²) in [5.41, 5.74) is 11.4. The van der Waals surface area contributed by atoms with Gasteiger partial charge in [0.15, 0.2) is 118 Å². The lowest BCUT2D eigenvalue weighted by atomic mass is 10.00. The molecule has 146 heavy (non-hydrogen) atoms. The molecule has 14 aromatic rings. The van der Waals surface area contributed by atoms with E-state index in [0.29, 0.717) is 65.8 Å². The lowest BCUT2D eigenvalue weighted by molar-refractivity contribution is -0.141. The molecule has 748 valence electrons. The predicted octanol–water partition coefficient (Wildman–Crippen LogP) is 7.51. The molecule has 44 nitrogen and oxygen atoms in total. The first-order valence-electron chi connectivity index (χ1n) is 42.0. The van der Waals surface area contributed by atoms with E-state index in [0.717, 1.165) is 105 Å². The number of ether oxygens (including phenoxy) is 3. The molecule has 0 bridgehead atoms. The second-order valence-corrected chi connectivity index (χ2v) is 38.8. The number of hydrogen-bond donors (Lipinski definition) is 7. The Morgan fingerprint density at radius 1 is 0.356 bits per heavy atom. The highest BCUT2D eigenvalue weighted by molar-refractivity contribution is 7.95. The van der Waals surface area contributed by atoms with Crippen LogP contribution in [0.3, 0.4) is 0 Å². The van der Waals surface area contributed by atoms with Gasteiger partial charge in [-0.25, -0.2) is 62.2 Å². The summed E-state index contributed by atoms with van der Waals surface area (Å²) in [6, 6.07) is 24.4. The number of carbonyl (C=O) groups excluding carboxylic acids is 7. The minimum atomic E-state index is -4.61. The van der Waals surface area contributed by atoms with Crippen LogP contribution in [0.4, 0.5) is 26.3 Å². The Morgan fingerprint density at radius 2 is 0.733 bits per heavy atom. The quantitative estimate of drug-likeness (QED) is 0.0408. The largest absolute Gasteiger partial charge is 0.495 e. The monoisotopic (exact) mass is 2130 g/mol. The molecule has 0 saturated carbocycles. The summed E-state index contributed by atoms with van der Waals surface area (Å²) in [6.07, 6.45) is 35.3. The first-order chi connectivity index (χ1) is 70.0. The summed E-state index contributed by atoms with van der Waals surface area (Å²) < 4.78 is 199. The number of hydrogen-bond acceptors (Lipinski definition) is 30. The van der Waals surface area contributed by atoms with E-state index in [2.05, 4.69) is 123 Å². The second kappa shape index (κ2) is 44.3. The number of amides is 7. The fourth-order valence-corrected chi connectivity index (χ4v) is 20.0. The molecule has 1 aromatic carbocycles. The van der Waals surface area contributed by atoms with Gasteiger partial charge in [-0.15, -0.1) is 0 Å². The van der Waals surface area contributed by atoms with Crippen molar-refractivity contribution in [2.45, 2.75) is 51.4 Å². The van der Waals surface area contributed by atoms with E-state index in [-0.39, 0.29) is 43.9 Å². The van der Waals surface area contributed by atoms with Gasteiger partial charge in [-0.1, -0.05) is 49.4 Å². The molecule has 0 radical (unpaired) electrons. The summed E-state index contributed by atoms with van der Waals surface area (Å²) >= 11 is 0. The van der Waals surface area contributed by atoms with Crippen LogP contribution < -0.4 is 47.3 Å². The summed E-state index contributed by atoms with van der Waals surface area (Å²) in [5, 5.41) is 30.4. The van der Waals surface area contributed by atoms with E-state index < -0.39 is 124 Å². The van der Waals surface area contributed by atoms with E-state index in [4.69, 9.17) is 14.2 Å². The smallest absolute Gasteiger partial charge is 0.433 e. The minimum absolute atomic E-state index is 0.0497. The van der Waals surface area contributed by atoms with Crippen LogP contribution in [0.1, 0.15) is 52.2 Å². The molecule has 1 aliphatic carbocycles. The molecule has 57 heteroatoms. The number of halogens is 6. The summed E-state index contributed by atoms with van der Waals surface area (Å²) in [5.74, 6) is -1.08. The van der Waals surface area contributed by atoms with Gasteiger partial charge in [-0.2, -0.15) is 67.0 Å². The van der Waals surface area contributed by atoms with Crippen molar-refractivity contribution in [2.75, 3.05) is 21.3 Å². The van der Waals surface area contributed by atoms with Gasteiger partial charge in [0.05, 0.1) is 70.9 Å². The van der Waals surface area contributed by atoms with Crippen molar-refractivity contribution in [1.82, 2.24) is 131 Å². The number of aromatic nitrogens is 20. The fraction of sp³-hybridized carbons (Fsp3) is 0.124. The summed E-state index contributed by atoms with van der Waals surface area (Å²) in [6.45, 7) is 4.00. The Labute approximate surface area is 836 Å². The van der Waals surface area contributed by atoms with Crippen molar-refractivity contribution in [3.05, 3.63) is 297 Å². The van der Waals surface area contributed by atoms with Crippen molar-refractivity contribution in [1.29, 1.82) is 0 Å². The van der Waals surface area contributed by atoms with Gasteiger partial charge < -0.3 is 14.2 Å². The van der Waals surface area contributed by atoms with Crippen LogP contribution in [0.25, 0.3) is 102 Å². The normalized spacial score (nSPS) is 18.4. The van der Waals surface area contributed by atoms with Crippen LogP contribution in [0.15, 0.2) is 258 Å². The number of carbonyl (C=O) groups is 7. The number of fused-ring (bicyclic) bond motifs is 1. The van der Waals surface area contributed by atoms with E-state index in [1.54, 1.807) is 106 Å². The van der Waals surface area contributed by atoms with Gasteiger partial charge in [-0.3, -0.25) is 91.5 Å². The zero-order valence-corrected chi connectivity index (χ0v) is 81.2. The average molecular weight is 2130 g/mol. The zero-order chi connectivity index (χ0) is 104. The molecule has 0 spiro atoms. The fourth-order valence-electron chi connectivity index (χ4n) is 14.1. The van der Waals surface area contributed by atoms with Gasteiger partial charge in [-0.05, 0) is 90.8 Å². The van der Waals surface area contributed by atoms with Gasteiger partial charge in [0, 0.05) is 202 Å². The van der Waals surface area contributed by atoms with Crippen molar-refractivity contribution < 1.29 is 104 Å². The highest BCUT2D eigenvalue weighted by Gasteiger charge is 2.38. The number of alkyl halides is 6. The zero-order valence-electron chi connectivity index (χ0n) is 75.5. The average Bonchev–Trinajstić information content (AvgIpc) is 1.56. The van der Waals surface area contributed by atoms with E-state index in [1.165, 1.54) is 127 Å². The maximum Gasteiger partial charge on any atom is 0.433 e. The number of methoxy groups -OCH3 is 3. The van der Waals surface area contributed by atoms with Crippen LogP contribution in [-0.4, -0.2) is 191 Å². The maximum absolute atomic E-state index is 13.0. The number of nitrogens with one attached hydrogen (secondary N) is 7. The van der Waals surface area contributed by atoms with Gasteiger partial charge in [0.25, 0.3) is 41.4 Å². The molecule has 7 atom stereocenters. The molecule has 22 rings (SSSR count). The van der Waals surface area contributed by atoms with Gasteiger partial charge >= 0.3 is 12.4 Å². The topological polar surface area (TPSA) is 553 Å². The summed E-state index contributed by atoms with van der Waals surface area (Å²) in [4.78, 5) is 102. The van der Waals surface area contributed by atoms with Crippen LogP contribution in [-0.2, 0) is 142 Å². The molecule has 8 aliphatic rings. The van der Waals surface area contributed by atoms with E-state index >= 15 is 0 Å². The first kappa shape index (κ1) is 102. The molecular weight excluding hydrogens is 2060 g/mol. The molecule has 7 aliphatic heterocycles. The molecular formula is C89H71F6N27O17S7. The molecule has 20 heterocycles. The molecule has 0 fully saturated rings. The van der Waals surface area contributed by atoms with Crippen molar-refractivity contribution in [3.8, 4) is 84.3 Å². The predicted molar refractivity (Wildman–Crippen MR) is 519 cm³/mol. The van der Waals surface area contributed by atoms with Crippen LogP contribution in [0.2, 0.25) is 0 Å². The number of pyridine rings is 6. The van der Waals surface area contributed by atoms with Crippen molar-refractivity contribution in [3.63, 3.8) is 0 Å². The minimum Gasteiger partial charge on any atom is -0.495 e. The highest BCUT2D eigenvalue weighted by Crippen LogP contribution is 2.39. The van der Waals surface area contributed by atoms with Crippen LogP contribution in [0, 0.1) is 6.92 Å². The van der Waals surface area contributed by atoms with Crippen molar-refractivity contribution in [2.24, 2.45) is 0 Å². The Kier molecular flexibility index (Phi) is 31.0. The Bertz CT molecular complexity index is 7930. The lowest BCUT2D eigenvalue weighted by Crippen LogP contribution is -2.17. The third-order valence-electron chi connectivity index (χ3n) is 21.0. The van der Waals surface area contributed by atoms with Crippen molar-refractivity contribution >= 4 is 153 Å². The van der Waals surface area contributed by atoms with E-state index in [1.807, 2.05) is 44.3 Å². The second-order valence-electron chi connectivity index (χ2n) is 30.7. The van der Waals surface area contributed by atoms with Gasteiger partial charge in [0.1, 0.15) is 11.4 Å². The third-order valence-corrected chi connectivity index (χ3v) is 28.5. The highest BCUT2D eigenvalue weighted by atomic mass is 32.2. The number of rotatable bonds is 18. The SMILES string of the molecule is CCc1ccc(-c2cnn(C3=CC(=O)NS3=O)c2)cn1.COc1ccc(-c2cnn(C3=CC(=O)NS3=O)c2)c(OC)n1.COc1cncc(-c2cnn(C3=CC(=O)NS3=O)c2)c1.Cc1cncc(-c2cnn(C3=CC(=O)NS3=O)c2)c1.O=C1C=C(n2cc(-c3ccc(C(F)(F)F)nc3)cn2)S(=O)N1.O=C1C=C(n2cc(-c3cccnc3C(F)(F)F)cn2)S(=O)N1.O=C1C=C(n2cc(C3Cc4ccccc4C3)cn2)S(=O)N1. The standard InChI is InChI=1S/C15H13N3O2S.C13H12N4O4S.C13H12N4O2S.2C12H7F3N4O2S.C12H10N4O3S.C12H10N4O2S/c19-14-7-15(21(20)17-14)18-9-13(8-16-18)12-5-10-3-1-2-4-11(10)6-12;1-20-11-4-3-9(13(15-11)21-2)8-6-14-17(7-8)12-5-10(18)16-22(12)19;1-2-11-4-3-9(6-14-11)10-7-15-17(8-10)13-5-12(18)16-20(13)19;13-12(14,15)9-2-1-7(4-16-9)8-5-17-19(6-8)11-3-10(20)18-22(11)21;13-12(14,15)11-8(2-1-3-16-11)7-5-17-19(6-7)10-4-9(20)18-22(10)21;1-19-10-2-8(4-13-6-10)9-5-14-16(7-9)12-3-11(17)15-20(12)18;1-8-2-9(5-13-4-8)10-6-14-16(7-10)12-3-11(17)15-19(12)18/h1-4,7-9,12H,5-6H2,(H,17,19);3-7H,1-2H3,(H,16,18);3-8H,2H2,1H3,(H,16,18);2*1-6H,(H,18,20);2-7H,1H3,(H,15,17);2-7H,1H3,(H,15,17). The van der Waals surface area contributed by atoms with Crippen LogP contribution in [0.5, 0.6) is 17.5 Å². The maximum atomic E-state index is 13.0. The van der Waals surface area contributed by atoms with Crippen LogP contribution >= 0.6 is 0 Å². The molecule has 7 N–H and O–H groups in total.